The molecule has 0 aliphatic carbocycles. The van der Waals surface area contributed by atoms with Crippen LogP contribution in [-0.2, 0) is 6.54 Å². The second-order valence-corrected chi connectivity index (χ2v) is 5.57. The molecule has 2 aromatic heterocycles. The van der Waals surface area contributed by atoms with Gasteiger partial charge in [0.25, 0.3) is 11.8 Å². The van der Waals surface area contributed by atoms with E-state index >= 15 is 0 Å². The van der Waals surface area contributed by atoms with E-state index in [1.165, 1.54) is 4.90 Å². The van der Waals surface area contributed by atoms with Crippen molar-refractivity contribution in [2.24, 2.45) is 0 Å². The van der Waals surface area contributed by atoms with Gasteiger partial charge in [-0.15, -0.1) is 0 Å². The molecule has 0 saturated heterocycles. The van der Waals surface area contributed by atoms with Crippen LogP contribution < -0.4 is 4.74 Å². The van der Waals surface area contributed by atoms with Crippen molar-refractivity contribution in [3.8, 4) is 17.1 Å². The van der Waals surface area contributed by atoms with Crippen LogP contribution in [-0.4, -0.2) is 38.8 Å². The molecule has 0 fully saturated rings. The second-order valence-electron chi connectivity index (χ2n) is 5.57. The van der Waals surface area contributed by atoms with Crippen molar-refractivity contribution in [1.29, 1.82) is 0 Å². The molecule has 0 atom stereocenters. The highest BCUT2D eigenvalue weighted by Crippen LogP contribution is 2.24. The van der Waals surface area contributed by atoms with Crippen molar-refractivity contribution in [2.75, 3.05) is 7.11 Å². The second kappa shape index (κ2) is 5.86. The number of hydrogen-bond donors (Lipinski definition) is 1. The van der Waals surface area contributed by atoms with Crippen molar-refractivity contribution >= 4 is 11.8 Å². The zero-order valence-corrected chi connectivity index (χ0v) is 13.4. The number of nitrogens with one attached hydrogen (secondary N) is 1. The van der Waals surface area contributed by atoms with E-state index in [1.807, 2.05) is 6.07 Å². The van der Waals surface area contributed by atoms with Gasteiger partial charge in [0, 0.05) is 17.8 Å². The number of nitrogens with zero attached hydrogens (tertiary/aromatic N) is 3. The molecule has 1 aliphatic rings. The fourth-order valence-electron chi connectivity index (χ4n) is 2.78. The summed E-state index contributed by atoms with van der Waals surface area (Å²) in [7, 11) is 1.55. The lowest BCUT2D eigenvalue weighted by molar-refractivity contribution is 0.0638. The molecule has 0 unspecified atom stereocenters. The van der Waals surface area contributed by atoms with Crippen molar-refractivity contribution < 1.29 is 14.3 Å². The predicted octanol–water partition coefficient (Wildman–Crippen LogP) is 2.28. The summed E-state index contributed by atoms with van der Waals surface area (Å²) in [5.41, 5.74) is 2.45. The summed E-state index contributed by atoms with van der Waals surface area (Å²) >= 11 is 0. The van der Waals surface area contributed by atoms with Crippen LogP contribution in [0, 0.1) is 0 Å². The standard InChI is InChI=1S/C18H14N4O3/c1-25-16-7-6-11(8-20-16)14-9-19-15(21-14)10-22-17(23)12-4-2-3-5-13(12)18(22)24/h2-9H,10H2,1H3,(H,19,21). The minimum atomic E-state index is -0.301. The van der Waals surface area contributed by atoms with Gasteiger partial charge in [0.05, 0.1) is 36.7 Å². The Kier molecular flexibility index (Phi) is 3.53. The smallest absolute Gasteiger partial charge is 0.261 e. The first kappa shape index (κ1) is 15.1. The van der Waals surface area contributed by atoms with Gasteiger partial charge in [0.15, 0.2) is 0 Å². The highest BCUT2D eigenvalue weighted by Gasteiger charge is 2.35. The molecule has 7 nitrogen and oxygen atoms in total. The Balaban J connectivity index is 1.56. The summed E-state index contributed by atoms with van der Waals surface area (Å²) in [6.45, 7) is 0.0932. The molecule has 0 saturated carbocycles. The average Bonchev–Trinajstić information content (AvgIpc) is 3.22. The molecule has 0 spiro atoms. The Morgan fingerprint density at radius 2 is 1.72 bits per heavy atom. The number of imidazole rings is 1. The van der Waals surface area contributed by atoms with Crippen molar-refractivity contribution in [3.05, 3.63) is 65.7 Å². The van der Waals surface area contributed by atoms with Crippen molar-refractivity contribution in [3.63, 3.8) is 0 Å². The number of amides is 2. The summed E-state index contributed by atoms with van der Waals surface area (Å²) in [6, 6.07) is 10.4. The number of aromatic nitrogens is 3. The molecule has 0 bridgehead atoms. The quantitative estimate of drug-likeness (QED) is 0.740. The maximum atomic E-state index is 12.4. The largest absolute Gasteiger partial charge is 0.481 e. The van der Waals surface area contributed by atoms with Crippen LogP contribution in [0.5, 0.6) is 5.88 Å². The van der Waals surface area contributed by atoms with Gasteiger partial charge in [0.2, 0.25) is 5.88 Å². The first-order valence-corrected chi connectivity index (χ1v) is 7.67. The number of benzene rings is 1. The maximum absolute atomic E-state index is 12.4. The van der Waals surface area contributed by atoms with E-state index in [4.69, 9.17) is 4.74 Å². The van der Waals surface area contributed by atoms with E-state index in [9.17, 15) is 9.59 Å². The lowest BCUT2D eigenvalue weighted by Gasteiger charge is -2.11. The lowest BCUT2D eigenvalue weighted by atomic mass is 10.1. The van der Waals surface area contributed by atoms with Gasteiger partial charge in [0.1, 0.15) is 5.82 Å². The molecule has 1 aliphatic heterocycles. The fraction of sp³-hybridized carbons (Fsp3) is 0.111. The highest BCUT2D eigenvalue weighted by molar-refractivity contribution is 6.21. The zero-order valence-electron chi connectivity index (χ0n) is 13.4. The van der Waals surface area contributed by atoms with E-state index in [-0.39, 0.29) is 18.4 Å². The molecular formula is C18H14N4O3. The van der Waals surface area contributed by atoms with Gasteiger partial charge in [-0.2, -0.15) is 0 Å². The molecule has 7 heteroatoms. The molecule has 2 amide bonds. The Morgan fingerprint density at radius 3 is 2.32 bits per heavy atom. The van der Waals surface area contributed by atoms with E-state index in [1.54, 1.807) is 49.8 Å². The number of carbonyl (C=O) groups excluding carboxylic acids is 2. The van der Waals surface area contributed by atoms with Gasteiger partial charge >= 0.3 is 0 Å². The molecule has 1 aromatic carbocycles. The number of hydrogen-bond acceptors (Lipinski definition) is 5. The van der Waals surface area contributed by atoms with E-state index in [0.29, 0.717) is 22.8 Å². The molecule has 4 rings (SSSR count). The zero-order chi connectivity index (χ0) is 17.4. The van der Waals surface area contributed by atoms with Gasteiger partial charge in [-0.05, 0) is 18.2 Å². The third kappa shape index (κ3) is 2.55. The minimum absolute atomic E-state index is 0.0932. The Bertz CT molecular complexity index is 927. The third-order valence-electron chi connectivity index (χ3n) is 4.07. The molecule has 3 aromatic rings. The van der Waals surface area contributed by atoms with Crippen LogP contribution in [0.1, 0.15) is 26.5 Å². The first-order valence-electron chi connectivity index (χ1n) is 7.67. The highest BCUT2D eigenvalue weighted by atomic mass is 16.5. The summed E-state index contributed by atoms with van der Waals surface area (Å²) < 4.78 is 5.03. The molecule has 124 valence electrons. The Morgan fingerprint density at radius 1 is 1.00 bits per heavy atom. The number of H-pyrrole nitrogens is 1. The SMILES string of the molecule is COc1ccc(-c2cnc(CN3C(=O)c4ccccc4C3=O)[nH]2)cn1. The molecule has 25 heavy (non-hydrogen) atoms. The summed E-state index contributed by atoms with van der Waals surface area (Å²) in [5.74, 6) is 0.448. The molecule has 0 radical (unpaired) electrons. The number of rotatable bonds is 4. The first-order chi connectivity index (χ1) is 12.2. The predicted molar refractivity (Wildman–Crippen MR) is 89.0 cm³/mol. The topological polar surface area (TPSA) is 88.2 Å². The number of aromatic amines is 1. The molecule has 1 N–H and O–H groups in total. The number of fused-ring (bicyclic) bond motifs is 1. The van der Waals surface area contributed by atoms with Crippen LogP contribution >= 0.6 is 0 Å². The summed E-state index contributed by atoms with van der Waals surface area (Å²) in [5, 5.41) is 0. The van der Waals surface area contributed by atoms with Gasteiger partial charge in [-0.25, -0.2) is 9.97 Å². The van der Waals surface area contributed by atoms with Crippen LogP contribution in [0.3, 0.4) is 0 Å². The van der Waals surface area contributed by atoms with Crippen LogP contribution in [0.25, 0.3) is 11.3 Å². The third-order valence-corrected chi connectivity index (χ3v) is 4.07. The van der Waals surface area contributed by atoms with Crippen LogP contribution in [0.15, 0.2) is 48.8 Å². The fourth-order valence-corrected chi connectivity index (χ4v) is 2.78. The number of pyridine rings is 1. The Labute approximate surface area is 143 Å². The van der Waals surface area contributed by atoms with Gasteiger partial charge in [-0.1, -0.05) is 12.1 Å². The minimum Gasteiger partial charge on any atom is -0.481 e. The number of carbonyl (C=O) groups is 2. The van der Waals surface area contributed by atoms with Crippen molar-refractivity contribution in [1.82, 2.24) is 19.9 Å². The van der Waals surface area contributed by atoms with E-state index in [2.05, 4.69) is 15.0 Å². The monoisotopic (exact) mass is 334 g/mol. The lowest BCUT2D eigenvalue weighted by Crippen LogP contribution is -2.29. The van der Waals surface area contributed by atoms with Crippen LogP contribution in [0.4, 0.5) is 0 Å². The van der Waals surface area contributed by atoms with Crippen LogP contribution in [0.2, 0.25) is 0 Å². The molecular weight excluding hydrogens is 320 g/mol. The van der Waals surface area contributed by atoms with Gasteiger partial charge < -0.3 is 9.72 Å². The number of ether oxygens (including phenoxy) is 1. The summed E-state index contributed by atoms with van der Waals surface area (Å²) in [4.78, 5) is 37.5. The maximum Gasteiger partial charge on any atom is 0.261 e. The van der Waals surface area contributed by atoms with E-state index in [0.717, 1.165) is 11.3 Å². The van der Waals surface area contributed by atoms with Gasteiger partial charge in [-0.3, -0.25) is 14.5 Å². The van der Waals surface area contributed by atoms with E-state index < -0.39 is 0 Å². The average molecular weight is 334 g/mol. The Hall–Kier alpha value is -3.48. The molecule has 3 heterocycles. The summed E-state index contributed by atoms with van der Waals surface area (Å²) in [6.07, 6.45) is 3.31. The number of methoxy groups -OCH3 is 1. The van der Waals surface area contributed by atoms with Crippen molar-refractivity contribution in [2.45, 2.75) is 6.54 Å². The number of imide groups is 1. The normalized spacial score (nSPS) is 13.2.